The Morgan fingerprint density at radius 3 is 2.88 bits per heavy atom. The molecule has 1 amide bonds. The summed E-state index contributed by atoms with van der Waals surface area (Å²) < 4.78 is 17.5. The smallest absolute Gasteiger partial charge is 0.273 e. The third-order valence-electron chi connectivity index (χ3n) is 3.80. The lowest BCUT2D eigenvalue weighted by atomic mass is 10.0. The Labute approximate surface area is 151 Å². The monoisotopic (exact) mass is 358 g/mol. The van der Waals surface area contributed by atoms with E-state index in [0.717, 1.165) is 12.0 Å². The third-order valence-corrected chi connectivity index (χ3v) is 3.80. The summed E-state index contributed by atoms with van der Waals surface area (Å²) in [6, 6.07) is 5.53. The van der Waals surface area contributed by atoms with Crippen LogP contribution in [0.1, 0.15) is 29.4 Å². The van der Waals surface area contributed by atoms with E-state index in [2.05, 4.69) is 15.5 Å². The van der Waals surface area contributed by atoms with E-state index in [1.165, 1.54) is 6.08 Å². The molecule has 0 spiro atoms. The zero-order valence-electron chi connectivity index (χ0n) is 15.0. The lowest BCUT2D eigenvalue weighted by Gasteiger charge is -2.11. The molecule has 0 atom stereocenters. The predicted octanol–water partition coefficient (Wildman–Crippen LogP) is 2.95. The van der Waals surface area contributed by atoms with Gasteiger partial charge in [-0.2, -0.15) is 0 Å². The van der Waals surface area contributed by atoms with Gasteiger partial charge >= 0.3 is 0 Å². The maximum Gasteiger partial charge on any atom is 0.273 e. The van der Waals surface area contributed by atoms with Crippen molar-refractivity contribution in [3.8, 4) is 0 Å². The number of carbonyl (C=O) groups excluding carboxylic acids is 1. The Bertz CT molecular complexity index is 834. The van der Waals surface area contributed by atoms with E-state index >= 15 is 0 Å². The summed E-state index contributed by atoms with van der Waals surface area (Å²) in [6.07, 6.45) is 5.95. The number of alkyl halides is 1. The molecule has 0 aliphatic carbocycles. The standard InChI is InChI=1S/C19H23FN4O2/c1-3-11-22-19(25)18-16(21)15-9-6-7-13(17(15)23-24-18)12-14(26-2)8-4-5-10-20/h4-9H,3,10-12H2,1-2H3,(H2,21,23)(H,22,25)/b5-4-,14-8+. The Morgan fingerprint density at radius 2 is 2.19 bits per heavy atom. The quantitative estimate of drug-likeness (QED) is 0.559. The summed E-state index contributed by atoms with van der Waals surface area (Å²) >= 11 is 0. The molecule has 2 aromatic rings. The lowest BCUT2D eigenvalue weighted by molar-refractivity contribution is 0.0949. The minimum atomic E-state index is -0.535. The maximum atomic E-state index is 12.2. The summed E-state index contributed by atoms with van der Waals surface area (Å²) in [5, 5.41) is 11.6. The van der Waals surface area contributed by atoms with Crippen molar-refractivity contribution in [2.45, 2.75) is 19.8 Å². The number of carbonyl (C=O) groups is 1. The van der Waals surface area contributed by atoms with Crippen LogP contribution in [0.15, 0.2) is 42.2 Å². The van der Waals surface area contributed by atoms with Crippen molar-refractivity contribution in [1.29, 1.82) is 0 Å². The molecular weight excluding hydrogens is 335 g/mol. The van der Waals surface area contributed by atoms with Gasteiger partial charge in [-0.25, -0.2) is 4.39 Å². The van der Waals surface area contributed by atoms with E-state index in [-0.39, 0.29) is 11.6 Å². The highest BCUT2D eigenvalue weighted by Crippen LogP contribution is 2.25. The molecule has 0 aliphatic rings. The number of halogens is 1. The Morgan fingerprint density at radius 1 is 1.38 bits per heavy atom. The molecule has 3 N–H and O–H groups in total. The van der Waals surface area contributed by atoms with Crippen LogP contribution >= 0.6 is 0 Å². The minimum absolute atomic E-state index is 0.122. The number of nitrogens with one attached hydrogen (secondary N) is 1. The number of aromatic nitrogens is 2. The number of amides is 1. The van der Waals surface area contributed by atoms with Gasteiger partial charge in [0.2, 0.25) is 0 Å². The normalized spacial score (nSPS) is 11.9. The minimum Gasteiger partial charge on any atom is -0.501 e. The van der Waals surface area contributed by atoms with Gasteiger partial charge in [0.05, 0.1) is 24.1 Å². The molecule has 0 fully saturated rings. The molecule has 0 aliphatic heterocycles. The molecule has 1 aromatic carbocycles. The van der Waals surface area contributed by atoms with Gasteiger partial charge in [0, 0.05) is 18.4 Å². The Kier molecular flexibility index (Phi) is 7.08. The summed E-state index contributed by atoms with van der Waals surface area (Å²) in [5.41, 5.74) is 8.04. The fourth-order valence-corrected chi connectivity index (χ4v) is 2.45. The van der Waals surface area contributed by atoms with E-state index < -0.39 is 6.67 Å². The molecule has 0 saturated carbocycles. The Balaban J connectivity index is 2.38. The highest BCUT2D eigenvalue weighted by Gasteiger charge is 2.16. The molecule has 2 rings (SSSR count). The number of allylic oxidation sites excluding steroid dienone is 4. The first-order valence-corrected chi connectivity index (χ1v) is 8.40. The third kappa shape index (κ3) is 4.56. The van der Waals surface area contributed by atoms with Crippen LogP contribution in [-0.4, -0.2) is 36.4 Å². The number of nitrogens with zero attached hydrogens (tertiary/aromatic N) is 2. The van der Waals surface area contributed by atoms with Gasteiger partial charge in [0.15, 0.2) is 5.69 Å². The number of rotatable bonds is 8. The summed E-state index contributed by atoms with van der Waals surface area (Å²) in [6.45, 7) is 1.98. The van der Waals surface area contributed by atoms with Crippen molar-refractivity contribution in [2.75, 3.05) is 26.1 Å². The fourth-order valence-electron chi connectivity index (χ4n) is 2.45. The number of anilines is 1. The van der Waals surface area contributed by atoms with Crippen LogP contribution in [0, 0.1) is 0 Å². The number of nitrogens with two attached hydrogens (primary N) is 1. The first-order valence-electron chi connectivity index (χ1n) is 8.40. The summed E-state index contributed by atoms with van der Waals surface area (Å²) in [5.74, 6) is 0.310. The number of hydrogen-bond acceptors (Lipinski definition) is 5. The van der Waals surface area contributed by atoms with Crippen LogP contribution in [0.2, 0.25) is 0 Å². The predicted molar refractivity (Wildman–Crippen MR) is 100 cm³/mol. The molecule has 6 nitrogen and oxygen atoms in total. The van der Waals surface area contributed by atoms with E-state index in [1.54, 1.807) is 25.3 Å². The van der Waals surface area contributed by atoms with E-state index in [1.807, 2.05) is 19.1 Å². The molecular formula is C19H23FN4O2. The second kappa shape index (κ2) is 9.50. The zero-order chi connectivity index (χ0) is 18.9. The summed E-state index contributed by atoms with van der Waals surface area (Å²) in [7, 11) is 1.55. The molecule has 138 valence electrons. The molecule has 0 saturated heterocycles. The van der Waals surface area contributed by atoms with Crippen molar-refractivity contribution in [3.05, 3.63) is 53.4 Å². The fraction of sp³-hybridized carbons (Fsp3) is 0.316. The maximum absolute atomic E-state index is 12.2. The molecule has 0 unspecified atom stereocenters. The van der Waals surface area contributed by atoms with Gasteiger partial charge in [0.1, 0.15) is 6.67 Å². The second-order valence-corrected chi connectivity index (χ2v) is 5.63. The molecule has 0 bridgehead atoms. The van der Waals surface area contributed by atoms with E-state index in [9.17, 15) is 9.18 Å². The van der Waals surface area contributed by atoms with Gasteiger partial charge < -0.3 is 15.8 Å². The second-order valence-electron chi connectivity index (χ2n) is 5.63. The number of ether oxygens (including phenoxy) is 1. The SMILES string of the molecule is CCCNC(=O)c1nnc2c(C/C(=C\C=C/CF)OC)cccc2c1N. The van der Waals surface area contributed by atoms with Crippen LogP contribution in [0.4, 0.5) is 10.1 Å². The average molecular weight is 358 g/mol. The highest BCUT2D eigenvalue weighted by molar-refractivity contribution is 6.05. The number of nitrogen functional groups attached to an aromatic ring is 1. The number of benzene rings is 1. The van der Waals surface area contributed by atoms with E-state index in [4.69, 9.17) is 10.5 Å². The van der Waals surface area contributed by atoms with Crippen LogP contribution < -0.4 is 11.1 Å². The molecule has 1 aromatic heterocycles. The number of hydrogen-bond donors (Lipinski definition) is 2. The highest BCUT2D eigenvalue weighted by atomic mass is 19.1. The molecule has 26 heavy (non-hydrogen) atoms. The zero-order valence-corrected chi connectivity index (χ0v) is 15.0. The first kappa shape index (κ1) is 19.4. The van der Waals surface area contributed by atoms with Gasteiger partial charge in [-0.3, -0.25) is 4.79 Å². The van der Waals surface area contributed by atoms with Crippen molar-refractivity contribution in [2.24, 2.45) is 0 Å². The lowest BCUT2D eigenvalue weighted by Crippen LogP contribution is -2.26. The first-order chi connectivity index (χ1) is 12.6. The van der Waals surface area contributed by atoms with Crippen molar-refractivity contribution >= 4 is 22.5 Å². The molecule has 0 radical (unpaired) electrons. The number of fused-ring (bicyclic) bond motifs is 1. The van der Waals surface area contributed by atoms with Crippen molar-refractivity contribution in [1.82, 2.24) is 15.5 Å². The van der Waals surface area contributed by atoms with E-state index in [0.29, 0.717) is 35.3 Å². The van der Waals surface area contributed by atoms with Crippen LogP contribution in [0.3, 0.4) is 0 Å². The van der Waals surface area contributed by atoms with Gasteiger partial charge in [-0.1, -0.05) is 37.3 Å². The van der Waals surface area contributed by atoms with Crippen LogP contribution in [0.5, 0.6) is 0 Å². The molecule has 7 heteroatoms. The topological polar surface area (TPSA) is 90.1 Å². The van der Waals surface area contributed by atoms with Crippen molar-refractivity contribution < 1.29 is 13.9 Å². The number of methoxy groups -OCH3 is 1. The van der Waals surface area contributed by atoms with Gasteiger partial charge in [0.25, 0.3) is 5.91 Å². The van der Waals surface area contributed by atoms with Gasteiger partial charge in [-0.05, 0) is 18.1 Å². The van der Waals surface area contributed by atoms with Crippen LogP contribution in [-0.2, 0) is 11.2 Å². The van der Waals surface area contributed by atoms with Crippen LogP contribution in [0.25, 0.3) is 10.9 Å². The largest absolute Gasteiger partial charge is 0.501 e. The van der Waals surface area contributed by atoms with Gasteiger partial charge in [-0.15, -0.1) is 10.2 Å². The molecule has 1 heterocycles. The Hall–Kier alpha value is -2.96. The summed E-state index contributed by atoms with van der Waals surface area (Å²) in [4.78, 5) is 12.2. The van der Waals surface area contributed by atoms with Crippen molar-refractivity contribution in [3.63, 3.8) is 0 Å². The average Bonchev–Trinajstić information content (AvgIpc) is 2.66.